The molecule has 0 saturated heterocycles. The molecule has 0 radical (unpaired) electrons. The highest BCUT2D eigenvalue weighted by molar-refractivity contribution is 9.10. The predicted octanol–water partition coefficient (Wildman–Crippen LogP) is 5.58. The molecule has 0 atom stereocenters. The lowest BCUT2D eigenvalue weighted by Gasteiger charge is -2.09. The summed E-state index contributed by atoms with van der Waals surface area (Å²) in [7, 11) is -3.88. The molecule has 27 heavy (non-hydrogen) atoms. The lowest BCUT2D eigenvalue weighted by Crippen LogP contribution is -2.09. The summed E-state index contributed by atoms with van der Waals surface area (Å²) in [5, 5.41) is 0. The molecule has 0 heterocycles. The van der Waals surface area contributed by atoms with Gasteiger partial charge in [0.25, 0.3) is 0 Å². The molecule has 0 aromatic heterocycles. The van der Waals surface area contributed by atoms with Gasteiger partial charge >= 0.3 is 10.1 Å². The number of hydrogen-bond donors (Lipinski definition) is 0. The average molecular weight is 444 g/mol. The Kier molecular flexibility index (Phi) is 5.77. The second-order valence-electron chi connectivity index (χ2n) is 6.02. The van der Waals surface area contributed by atoms with Gasteiger partial charge in [-0.3, -0.25) is 4.99 Å². The van der Waals surface area contributed by atoms with Crippen LogP contribution in [0.5, 0.6) is 5.75 Å². The number of hydrogen-bond acceptors (Lipinski definition) is 4. The summed E-state index contributed by atoms with van der Waals surface area (Å²) in [6, 6.07) is 19.1. The minimum Gasteiger partial charge on any atom is -0.378 e. The molecule has 0 aliphatic heterocycles. The van der Waals surface area contributed by atoms with Crippen LogP contribution in [0.25, 0.3) is 0 Å². The van der Waals surface area contributed by atoms with Gasteiger partial charge in [0.1, 0.15) is 4.90 Å². The third kappa shape index (κ3) is 4.64. The first-order valence-corrected chi connectivity index (χ1v) is 10.5. The van der Waals surface area contributed by atoms with Crippen LogP contribution >= 0.6 is 15.9 Å². The van der Waals surface area contributed by atoms with Crippen molar-refractivity contribution < 1.29 is 12.6 Å². The first-order valence-electron chi connectivity index (χ1n) is 8.26. The Morgan fingerprint density at radius 3 is 2.41 bits per heavy atom. The van der Waals surface area contributed by atoms with Gasteiger partial charge in [0.2, 0.25) is 0 Å². The van der Waals surface area contributed by atoms with Gasteiger partial charge in [0.05, 0.1) is 10.2 Å². The second kappa shape index (κ2) is 8.06. The smallest absolute Gasteiger partial charge is 0.339 e. The first kappa shape index (κ1) is 19.3. The predicted molar refractivity (Wildman–Crippen MR) is 112 cm³/mol. The Morgan fingerprint density at radius 2 is 1.70 bits per heavy atom. The number of aliphatic imine (C=N–C) groups is 1. The molecule has 0 saturated carbocycles. The Bertz CT molecular complexity index is 1090. The van der Waals surface area contributed by atoms with Crippen LogP contribution in [0.1, 0.15) is 16.7 Å². The average Bonchev–Trinajstić information content (AvgIpc) is 2.65. The topological polar surface area (TPSA) is 55.7 Å². The number of nitrogens with zero attached hydrogens (tertiary/aromatic N) is 1. The van der Waals surface area contributed by atoms with Crippen LogP contribution in [0.15, 0.2) is 81.1 Å². The van der Waals surface area contributed by atoms with Crippen molar-refractivity contribution in [2.24, 2.45) is 4.99 Å². The third-order valence-electron chi connectivity index (χ3n) is 4.12. The summed E-state index contributed by atoms with van der Waals surface area (Å²) in [6.45, 7) is 4.08. The maximum absolute atomic E-state index is 12.3. The van der Waals surface area contributed by atoms with Crippen LogP contribution in [0, 0.1) is 13.8 Å². The van der Waals surface area contributed by atoms with Gasteiger partial charge in [-0.25, -0.2) is 0 Å². The maximum Gasteiger partial charge on any atom is 0.339 e. The highest BCUT2D eigenvalue weighted by Crippen LogP contribution is 2.29. The highest BCUT2D eigenvalue weighted by atomic mass is 79.9. The molecule has 138 valence electrons. The number of benzene rings is 3. The first-order chi connectivity index (χ1) is 12.9. The molecule has 0 unspecified atom stereocenters. The minimum absolute atomic E-state index is 0.109. The van der Waals surface area contributed by atoms with Crippen molar-refractivity contribution in [1.29, 1.82) is 0 Å². The summed E-state index contributed by atoms with van der Waals surface area (Å²) >= 11 is 3.37. The summed E-state index contributed by atoms with van der Waals surface area (Å²) in [5.41, 5.74) is 4.03. The molecule has 0 spiro atoms. The quantitative estimate of drug-likeness (QED) is 0.381. The van der Waals surface area contributed by atoms with Crippen molar-refractivity contribution in [2.45, 2.75) is 18.7 Å². The monoisotopic (exact) mass is 443 g/mol. The molecule has 3 rings (SSSR count). The summed E-state index contributed by atoms with van der Waals surface area (Å²) in [5.74, 6) is 0.225. The number of halogens is 1. The van der Waals surface area contributed by atoms with E-state index in [1.165, 1.54) is 17.7 Å². The molecule has 3 aromatic rings. The fourth-order valence-corrected chi connectivity index (χ4v) is 3.99. The molecular weight excluding hydrogens is 426 g/mol. The van der Waals surface area contributed by atoms with Crippen LogP contribution in [0.4, 0.5) is 5.69 Å². The van der Waals surface area contributed by atoms with Crippen LogP contribution in [0.2, 0.25) is 0 Å². The number of rotatable bonds is 5. The van der Waals surface area contributed by atoms with Gasteiger partial charge in [0, 0.05) is 6.21 Å². The largest absolute Gasteiger partial charge is 0.378 e. The van der Waals surface area contributed by atoms with E-state index < -0.39 is 10.1 Å². The standard InChI is InChI=1S/C21H18BrNO3S/c1-15-7-6-10-20(16(15)2)23-14-17-11-12-21(19(22)13-17)26-27(24,25)18-8-4-3-5-9-18/h3-14H,1-2H3. The molecule has 0 N–H and O–H groups in total. The van der Waals surface area contributed by atoms with Crippen molar-refractivity contribution in [3.63, 3.8) is 0 Å². The Labute approximate surface area is 167 Å². The van der Waals surface area contributed by atoms with Crippen molar-refractivity contribution >= 4 is 38.0 Å². The summed E-state index contributed by atoms with van der Waals surface area (Å²) in [6.07, 6.45) is 1.74. The Morgan fingerprint density at radius 1 is 0.963 bits per heavy atom. The molecule has 0 amide bonds. The van der Waals surface area contributed by atoms with E-state index >= 15 is 0 Å². The van der Waals surface area contributed by atoms with E-state index in [1.807, 2.05) is 32.0 Å². The zero-order valence-electron chi connectivity index (χ0n) is 14.9. The highest BCUT2D eigenvalue weighted by Gasteiger charge is 2.17. The van der Waals surface area contributed by atoms with Crippen molar-refractivity contribution in [3.05, 3.63) is 87.9 Å². The molecule has 4 nitrogen and oxygen atoms in total. The third-order valence-corrected chi connectivity index (χ3v) is 5.98. The van der Waals surface area contributed by atoms with Crippen LogP contribution in [-0.2, 0) is 10.1 Å². The molecule has 0 fully saturated rings. The van der Waals surface area contributed by atoms with Gasteiger partial charge in [-0.05, 0) is 82.9 Å². The molecular formula is C21H18BrNO3S. The van der Waals surface area contributed by atoms with E-state index in [2.05, 4.69) is 20.9 Å². The summed E-state index contributed by atoms with van der Waals surface area (Å²) < 4.78 is 30.5. The Hall–Kier alpha value is -2.44. The molecule has 6 heteroatoms. The molecule has 0 aliphatic carbocycles. The minimum atomic E-state index is -3.88. The van der Waals surface area contributed by atoms with E-state index in [1.54, 1.807) is 42.6 Å². The fourth-order valence-electron chi connectivity index (χ4n) is 2.44. The van der Waals surface area contributed by atoms with Gasteiger partial charge in [-0.2, -0.15) is 8.42 Å². The van der Waals surface area contributed by atoms with Gasteiger partial charge in [-0.15, -0.1) is 0 Å². The lowest BCUT2D eigenvalue weighted by molar-refractivity contribution is 0.484. The van der Waals surface area contributed by atoms with E-state index in [-0.39, 0.29) is 10.6 Å². The van der Waals surface area contributed by atoms with Crippen molar-refractivity contribution in [3.8, 4) is 5.75 Å². The fraction of sp³-hybridized carbons (Fsp3) is 0.0952. The van der Waals surface area contributed by atoms with E-state index in [9.17, 15) is 8.42 Å². The van der Waals surface area contributed by atoms with E-state index in [4.69, 9.17) is 4.18 Å². The van der Waals surface area contributed by atoms with Gasteiger partial charge in [-0.1, -0.05) is 30.3 Å². The van der Waals surface area contributed by atoms with Crippen molar-refractivity contribution in [2.75, 3.05) is 0 Å². The second-order valence-corrected chi connectivity index (χ2v) is 8.42. The molecule has 3 aromatic carbocycles. The van der Waals surface area contributed by atoms with Gasteiger partial charge < -0.3 is 4.18 Å². The summed E-state index contributed by atoms with van der Waals surface area (Å²) in [4.78, 5) is 4.63. The SMILES string of the molecule is Cc1cccc(N=Cc2ccc(OS(=O)(=O)c3ccccc3)c(Br)c2)c1C. The van der Waals surface area contributed by atoms with Gasteiger partial charge in [0.15, 0.2) is 5.75 Å². The molecule has 0 aliphatic rings. The van der Waals surface area contributed by atoms with Crippen LogP contribution < -0.4 is 4.18 Å². The molecule has 0 bridgehead atoms. The zero-order chi connectivity index (χ0) is 19.4. The maximum atomic E-state index is 12.3. The van der Waals surface area contributed by atoms with Crippen molar-refractivity contribution in [1.82, 2.24) is 0 Å². The van der Waals surface area contributed by atoms with Crippen LogP contribution in [0.3, 0.4) is 0 Å². The van der Waals surface area contributed by atoms with E-state index in [0.717, 1.165) is 16.8 Å². The zero-order valence-corrected chi connectivity index (χ0v) is 17.3. The lowest BCUT2D eigenvalue weighted by atomic mass is 10.1. The van der Waals surface area contributed by atoms with Crippen LogP contribution in [-0.4, -0.2) is 14.6 Å². The Balaban J connectivity index is 1.82. The normalized spacial score (nSPS) is 11.7. The van der Waals surface area contributed by atoms with E-state index in [0.29, 0.717) is 4.47 Å². The number of aryl methyl sites for hydroxylation is 1.